The molecule has 0 bridgehead atoms. The van der Waals surface area contributed by atoms with Gasteiger partial charge in [0.2, 0.25) is 5.91 Å². The van der Waals surface area contributed by atoms with Gasteiger partial charge >= 0.3 is 0 Å². The van der Waals surface area contributed by atoms with Crippen molar-refractivity contribution in [3.63, 3.8) is 0 Å². The van der Waals surface area contributed by atoms with Gasteiger partial charge in [-0.15, -0.1) is 0 Å². The van der Waals surface area contributed by atoms with Crippen LogP contribution in [0.25, 0.3) is 10.9 Å². The first-order valence-electron chi connectivity index (χ1n) is 11.3. The maximum absolute atomic E-state index is 14.2. The van der Waals surface area contributed by atoms with E-state index in [9.17, 15) is 22.8 Å². The number of nitrogens with zero attached hydrogens (tertiary/aromatic N) is 2. The van der Waals surface area contributed by atoms with Gasteiger partial charge in [-0.3, -0.25) is 14.6 Å². The highest BCUT2D eigenvalue weighted by Crippen LogP contribution is 2.40. The van der Waals surface area contributed by atoms with Crippen molar-refractivity contribution < 1.29 is 18.0 Å². The van der Waals surface area contributed by atoms with E-state index in [1.807, 2.05) is 19.1 Å². The summed E-state index contributed by atoms with van der Waals surface area (Å²) < 4.78 is 43.0. The fourth-order valence-electron chi connectivity index (χ4n) is 5.26. The van der Waals surface area contributed by atoms with E-state index >= 15 is 0 Å². The van der Waals surface area contributed by atoms with Crippen LogP contribution in [0, 0.1) is 18.8 Å². The second-order valence-corrected chi connectivity index (χ2v) is 9.58. The van der Waals surface area contributed by atoms with Crippen LogP contribution in [-0.4, -0.2) is 40.0 Å². The normalized spacial score (nSPS) is 33.2. The highest BCUT2D eigenvalue weighted by atomic mass is 19.2. The van der Waals surface area contributed by atoms with Gasteiger partial charge < -0.3 is 9.88 Å². The third kappa shape index (κ3) is 4.28. The topological polar surface area (TPSA) is 64.0 Å². The largest absolute Gasteiger partial charge is 0.350 e. The van der Waals surface area contributed by atoms with Gasteiger partial charge in [0.05, 0.1) is 11.6 Å². The molecule has 2 heterocycles. The second-order valence-electron chi connectivity index (χ2n) is 9.58. The molecular weight excluding hydrogens is 419 g/mol. The minimum absolute atomic E-state index is 0.0913. The molecule has 7 atom stereocenters. The van der Waals surface area contributed by atoms with Crippen LogP contribution in [0.15, 0.2) is 23.1 Å². The van der Waals surface area contributed by atoms with Gasteiger partial charge in [0.1, 0.15) is 18.5 Å². The standard InChI is InChI=1S/C24H30F3N3O2/c1-12-4-5-14(23(31)29-21-10-19(26)18(25)9-20(21)27)7-16(12)17-8-15-11-28-13(2)6-22(15)30(3)24(17)32/h6,8,11-12,14,16,18-21H,4-5,7,9-10H2,1-3H3,(H,29,31). The number of halogens is 3. The number of hydrogen-bond acceptors (Lipinski definition) is 3. The highest BCUT2D eigenvalue weighted by Gasteiger charge is 2.40. The smallest absolute Gasteiger partial charge is 0.254 e. The van der Waals surface area contributed by atoms with Crippen molar-refractivity contribution >= 4 is 16.8 Å². The summed E-state index contributed by atoms with van der Waals surface area (Å²) >= 11 is 0. The van der Waals surface area contributed by atoms with E-state index in [1.165, 1.54) is 0 Å². The van der Waals surface area contributed by atoms with Crippen molar-refractivity contribution in [1.82, 2.24) is 14.9 Å². The SMILES string of the molecule is Cc1cc2c(cn1)cc(C1CC(C(=O)NC3CC(F)C(F)CC3F)CCC1C)c(=O)n2C. The first-order chi connectivity index (χ1) is 15.2. The number of pyridine rings is 2. The molecule has 1 amide bonds. The summed E-state index contributed by atoms with van der Waals surface area (Å²) in [4.78, 5) is 30.4. The summed E-state index contributed by atoms with van der Waals surface area (Å²) in [5.41, 5.74) is 2.20. The number of hydrogen-bond donors (Lipinski definition) is 1. The summed E-state index contributed by atoms with van der Waals surface area (Å²) in [5, 5.41) is 3.49. The molecule has 0 saturated heterocycles. The number of nitrogens with one attached hydrogen (secondary N) is 1. The van der Waals surface area contributed by atoms with Crippen molar-refractivity contribution in [3.05, 3.63) is 39.9 Å². The van der Waals surface area contributed by atoms with Gasteiger partial charge in [0, 0.05) is 48.6 Å². The molecule has 0 radical (unpaired) electrons. The first-order valence-corrected chi connectivity index (χ1v) is 11.3. The molecular formula is C24H30F3N3O2. The van der Waals surface area contributed by atoms with Gasteiger partial charge in [0.15, 0.2) is 0 Å². The van der Waals surface area contributed by atoms with Gasteiger partial charge in [-0.1, -0.05) is 6.92 Å². The van der Waals surface area contributed by atoms with Crippen LogP contribution < -0.4 is 10.9 Å². The molecule has 32 heavy (non-hydrogen) atoms. The average Bonchev–Trinajstić information content (AvgIpc) is 2.75. The maximum atomic E-state index is 14.2. The molecule has 2 fully saturated rings. The monoisotopic (exact) mass is 449 g/mol. The number of amides is 1. The predicted molar refractivity (Wildman–Crippen MR) is 117 cm³/mol. The Labute approximate surface area is 185 Å². The molecule has 5 nitrogen and oxygen atoms in total. The van der Waals surface area contributed by atoms with E-state index in [0.29, 0.717) is 18.4 Å². The van der Waals surface area contributed by atoms with E-state index < -0.39 is 36.9 Å². The summed E-state index contributed by atoms with van der Waals surface area (Å²) in [5.74, 6) is -0.663. The van der Waals surface area contributed by atoms with Crippen molar-refractivity contribution in [1.29, 1.82) is 0 Å². The van der Waals surface area contributed by atoms with E-state index in [4.69, 9.17) is 0 Å². The molecule has 0 aliphatic heterocycles. The predicted octanol–water partition coefficient (Wildman–Crippen LogP) is 4.05. The lowest BCUT2D eigenvalue weighted by atomic mass is 9.71. The van der Waals surface area contributed by atoms with E-state index in [0.717, 1.165) is 23.0 Å². The van der Waals surface area contributed by atoms with Crippen LogP contribution in [0.5, 0.6) is 0 Å². The van der Waals surface area contributed by atoms with Gasteiger partial charge in [-0.05, 0) is 50.2 Å². The number of alkyl halides is 3. The summed E-state index contributed by atoms with van der Waals surface area (Å²) in [6.07, 6.45) is -2.48. The molecule has 2 aromatic heterocycles. The van der Waals surface area contributed by atoms with Crippen LogP contribution in [0.2, 0.25) is 0 Å². The molecule has 2 aliphatic rings. The minimum Gasteiger partial charge on any atom is -0.350 e. The van der Waals surface area contributed by atoms with Crippen molar-refractivity contribution in [2.45, 2.75) is 76.4 Å². The number of fused-ring (bicyclic) bond motifs is 1. The Morgan fingerprint density at radius 3 is 2.56 bits per heavy atom. The lowest BCUT2D eigenvalue weighted by molar-refractivity contribution is -0.128. The molecule has 174 valence electrons. The van der Waals surface area contributed by atoms with Crippen LogP contribution in [-0.2, 0) is 11.8 Å². The van der Waals surface area contributed by atoms with Crippen molar-refractivity contribution in [2.75, 3.05) is 0 Å². The van der Waals surface area contributed by atoms with Crippen LogP contribution in [0.4, 0.5) is 13.2 Å². The van der Waals surface area contributed by atoms with Crippen LogP contribution in [0.3, 0.4) is 0 Å². The molecule has 8 heteroatoms. The molecule has 2 saturated carbocycles. The highest BCUT2D eigenvalue weighted by molar-refractivity contribution is 5.80. The fraction of sp³-hybridized carbons (Fsp3) is 0.625. The average molecular weight is 450 g/mol. The molecule has 7 unspecified atom stereocenters. The van der Waals surface area contributed by atoms with Gasteiger partial charge in [-0.25, -0.2) is 13.2 Å². The lowest BCUT2D eigenvalue weighted by Gasteiger charge is -2.36. The number of aryl methyl sites for hydroxylation is 2. The van der Waals surface area contributed by atoms with Crippen LogP contribution in [0.1, 0.15) is 56.2 Å². The maximum Gasteiger partial charge on any atom is 0.254 e. The zero-order valence-electron chi connectivity index (χ0n) is 18.7. The quantitative estimate of drug-likeness (QED) is 0.769. The first kappa shape index (κ1) is 22.8. The number of carbonyl (C=O) groups excluding carboxylic acids is 1. The Morgan fingerprint density at radius 1 is 1.09 bits per heavy atom. The zero-order valence-corrected chi connectivity index (χ0v) is 18.7. The molecule has 0 spiro atoms. The van der Waals surface area contributed by atoms with E-state index in [1.54, 1.807) is 17.8 Å². The van der Waals surface area contributed by atoms with Crippen molar-refractivity contribution in [3.8, 4) is 0 Å². The van der Waals surface area contributed by atoms with Gasteiger partial charge in [0.25, 0.3) is 5.56 Å². The Morgan fingerprint density at radius 2 is 1.81 bits per heavy atom. The minimum atomic E-state index is -1.82. The molecule has 4 rings (SSSR count). The molecule has 0 aromatic carbocycles. The van der Waals surface area contributed by atoms with Crippen LogP contribution >= 0.6 is 0 Å². The Hall–Kier alpha value is -2.38. The third-order valence-electron chi connectivity index (χ3n) is 7.32. The lowest BCUT2D eigenvalue weighted by Crippen LogP contribution is -2.51. The Kier molecular flexibility index (Phi) is 6.32. The van der Waals surface area contributed by atoms with Gasteiger partial charge in [-0.2, -0.15) is 0 Å². The number of aromatic nitrogens is 2. The Bertz CT molecular complexity index is 1070. The van der Waals surface area contributed by atoms with E-state index in [2.05, 4.69) is 17.2 Å². The summed E-state index contributed by atoms with van der Waals surface area (Å²) in [6, 6.07) is 2.74. The number of rotatable bonds is 3. The fourth-order valence-corrected chi connectivity index (χ4v) is 5.26. The van der Waals surface area contributed by atoms with Crippen molar-refractivity contribution in [2.24, 2.45) is 18.9 Å². The molecule has 2 aromatic rings. The molecule has 1 N–H and O–H groups in total. The summed E-state index contributed by atoms with van der Waals surface area (Å²) in [6.45, 7) is 3.95. The van der Waals surface area contributed by atoms with E-state index in [-0.39, 0.29) is 29.7 Å². The molecule has 2 aliphatic carbocycles. The second kappa shape index (κ2) is 8.87. The third-order valence-corrected chi connectivity index (χ3v) is 7.32. The summed E-state index contributed by atoms with van der Waals surface area (Å²) in [7, 11) is 1.74. The Balaban J connectivity index is 1.55. The number of carbonyl (C=O) groups is 1. The zero-order chi connectivity index (χ0) is 23.2.